The lowest BCUT2D eigenvalue weighted by Gasteiger charge is -2.22. The maximum Gasteiger partial charge on any atom is 0.0423 e. The molecule has 0 heterocycles. The topological polar surface area (TPSA) is 0 Å². The van der Waals surface area contributed by atoms with Crippen LogP contribution in [0.1, 0.15) is 67.5 Å². The van der Waals surface area contributed by atoms with Crippen molar-refractivity contribution in [2.75, 3.05) is 0 Å². The predicted molar refractivity (Wildman–Crippen MR) is 83.4 cm³/mol. The molecule has 1 heteroatoms. The Balaban J connectivity index is 2.09. The van der Waals surface area contributed by atoms with Crippen LogP contribution in [-0.2, 0) is 12.8 Å². The number of benzene rings is 1. The highest BCUT2D eigenvalue weighted by atomic mass is 79.9. The normalized spacial score (nSPS) is 17.5. The third-order valence-electron chi connectivity index (χ3n) is 4.31. The number of rotatable bonds is 6. The Kier molecular flexibility index (Phi) is 5.29. The van der Waals surface area contributed by atoms with Gasteiger partial charge in [-0.15, -0.1) is 0 Å². The molecule has 1 aromatic carbocycles. The van der Waals surface area contributed by atoms with Crippen molar-refractivity contribution in [3.63, 3.8) is 0 Å². The summed E-state index contributed by atoms with van der Waals surface area (Å²) in [6.07, 6.45) is 9.20. The fourth-order valence-electron chi connectivity index (χ4n) is 3.06. The van der Waals surface area contributed by atoms with Gasteiger partial charge >= 0.3 is 0 Å². The molecule has 1 aliphatic carbocycles. The van der Waals surface area contributed by atoms with E-state index in [4.69, 9.17) is 0 Å². The average Bonchev–Trinajstić information content (AvgIpc) is 2.86. The van der Waals surface area contributed by atoms with Crippen molar-refractivity contribution in [2.24, 2.45) is 5.92 Å². The Hall–Kier alpha value is -0.300. The molecule has 2 unspecified atom stereocenters. The fraction of sp³-hybridized carbons (Fsp3) is 0.647. The van der Waals surface area contributed by atoms with E-state index < -0.39 is 0 Å². The van der Waals surface area contributed by atoms with E-state index in [0.717, 1.165) is 5.92 Å². The first-order valence-electron chi connectivity index (χ1n) is 7.52. The van der Waals surface area contributed by atoms with Crippen LogP contribution in [-0.4, -0.2) is 0 Å². The Morgan fingerprint density at radius 3 is 2.67 bits per heavy atom. The molecule has 0 N–H and O–H groups in total. The van der Waals surface area contributed by atoms with Crippen molar-refractivity contribution in [3.8, 4) is 0 Å². The van der Waals surface area contributed by atoms with Gasteiger partial charge in [0.1, 0.15) is 0 Å². The monoisotopic (exact) mass is 308 g/mol. The van der Waals surface area contributed by atoms with Gasteiger partial charge in [-0.05, 0) is 48.3 Å². The van der Waals surface area contributed by atoms with Gasteiger partial charge in [-0.25, -0.2) is 0 Å². The molecule has 1 aromatic rings. The molecule has 0 amide bonds. The average molecular weight is 309 g/mol. The maximum atomic E-state index is 3.95. The van der Waals surface area contributed by atoms with E-state index in [2.05, 4.69) is 48.0 Å². The maximum absolute atomic E-state index is 3.95. The minimum atomic E-state index is 0.542. The molecule has 1 aliphatic rings. The summed E-state index contributed by atoms with van der Waals surface area (Å²) < 4.78 is 0. The molecule has 0 aromatic heterocycles. The van der Waals surface area contributed by atoms with E-state index in [0.29, 0.717) is 4.83 Å². The van der Waals surface area contributed by atoms with Crippen LogP contribution in [0.5, 0.6) is 0 Å². The van der Waals surface area contributed by atoms with E-state index in [1.165, 1.54) is 50.5 Å². The first-order chi connectivity index (χ1) is 8.76. The standard InChI is InChI=1S/C17H25Br/c1-3-5-7-13(4-2)17(18)16-11-10-14-8-6-9-15(14)12-16/h10-13,17H,3-9H2,1-2H3. The van der Waals surface area contributed by atoms with Gasteiger partial charge in [-0.1, -0.05) is 67.2 Å². The third kappa shape index (κ3) is 3.17. The summed E-state index contributed by atoms with van der Waals surface area (Å²) in [5, 5.41) is 0. The van der Waals surface area contributed by atoms with Crippen LogP contribution < -0.4 is 0 Å². The first kappa shape index (κ1) is 14.1. The summed E-state index contributed by atoms with van der Waals surface area (Å²) in [5.41, 5.74) is 4.68. The summed E-state index contributed by atoms with van der Waals surface area (Å²) in [6.45, 7) is 4.60. The Bertz CT molecular complexity index is 383. The van der Waals surface area contributed by atoms with Crippen LogP contribution >= 0.6 is 15.9 Å². The molecule has 100 valence electrons. The second-order valence-corrected chi connectivity index (χ2v) is 6.58. The van der Waals surface area contributed by atoms with Gasteiger partial charge in [-0.3, -0.25) is 0 Å². The minimum Gasteiger partial charge on any atom is -0.0836 e. The molecule has 0 saturated carbocycles. The lowest BCUT2D eigenvalue weighted by molar-refractivity contribution is 0.446. The summed E-state index contributed by atoms with van der Waals surface area (Å²) in [5.74, 6) is 0.782. The highest BCUT2D eigenvalue weighted by molar-refractivity contribution is 9.09. The molecule has 2 rings (SSSR count). The van der Waals surface area contributed by atoms with Crippen molar-refractivity contribution in [1.29, 1.82) is 0 Å². The summed E-state index contributed by atoms with van der Waals surface area (Å²) in [6, 6.07) is 7.16. The lowest BCUT2D eigenvalue weighted by Crippen LogP contribution is -2.07. The molecule has 0 spiro atoms. The second-order valence-electron chi connectivity index (χ2n) is 5.59. The molecule has 0 radical (unpaired) electrons. The van der Waals surface area contributed by atoms with Gasteiger partial charge in [0.15, 0.2) is 0 Å². The zero-order chi connectivity index (χ0) is 13.0. The third-order valence-corrected chi connectivity index (χ3v) is 5.58. The molecule has 0 saturated heterocycles. The largest absolute Gasteiger partial charge is 0.0836 e. The van der Waals surface area contributed by atoms with E-state index in [-0.39, 0.29) is 0 Å². The predicted octanol–water partition coefficient (Wildman–Crippen LogP) is 5.83. The molecule has 0 nitrogen and oxygen atoms in total. The van der Waals surface area contributed by atoms with Crippen molar-refractivity contribution in [2.45, 2.75) is 63.6 Å². The zero-order valence-corrected chi connectivity index (χ0v) is 13.3. The van der Waals surface area contributed by atoms with E-state index in [1.54, 1.807) is 11.1 Å². The molecule has 2 atom stereocenters. The Morgan fingerprint density at radius 1 is 1.17 bits per heavy atom. The van der Waals surface area contributed by atoms with Crippen LogP contribution in [0.15, 0.2) is 18.2 Å². The van der Waals surface area contributed by atoms with Gasteiger partial charge in [-0.2, -0.15) is 0 Å². The smallest absolute Gasteiger partial charge is 0.0423 e. The second kappa shape index (κ2) is 6.75. The first-order valence-corrected chi connectivity index (χ1v) is 8.43. The number of fused-ring (bicyclic) bond motifs is 1. The van der Waals surface area contributed by atoms with Crippen molar-refractivity contribution in [3.05, 3.63) is 34.9 Å². The van der Waals surface area contributed by atoms with Crippen LogP contribution in [0.3, 0.4) is 0 Å². The number of unbranched alkanes of at least 4 members (excludes halogenated alkanes) is 1. The number of hydrogen-bond acceptors (Lipinski definition) is 0. The van der Waals surface area contributed by atoms with E-state index >= 15 is 0 Å². The van der Waals surface area contributed by atoms with Crippen LogP contribution in [0, 0.1) is 5.92 Å². The van der Waals surface area contributed by atoms with Crippen molar-refractivity contribution >= 4 is 15.9 Å². The summed E-state index contributed by atoms with van der Waals surface area (Å²) in [4.78, 5) is 0.542. The van der Waals surface area contributed by atoms with Crippen LogP contribution in [0.2, 0.25) is 0 Å². The van der Waals surface area contributed by atoms with E-state index in [9.17, 15) is 0 Å². The van der Waals surface area contributed by atoms with Gasteiger partial charge in [0.2, 0.25) is 0 Å². The highest BCUT2D eigenvalue weighted by Crippen LogP contribution is 2.37. The number of hydrogen-bond donors (Lipinski definition) is 0. The summed E-state index contributed by atoms with van der Waals surface area (Å²) >= 11 is 3.95. The molecular formula is C17H25Br. The van der Waals surface area contributed by atoms with Gasteiger partial charge in [0, 0.05) is 4.83 Å². The summed E-state index contributed by atoms with van der Waals surface area (Å²) in [7, 11) is 0. The zero-order valence-electron chi connectivity index (χ0n) is 11.7. The van der Waals surface area contributed by atoms with Crippen LogP contribution in [0.4, 0.5) is 0 Å². The van der Waals surface area contributed by atoms with Crippen molar-refractivity contribution < 1.29 is 0 Å². The molecule has 18 heavy (non-hydrogen) atoms. The molecule has 0 bridgehead atoms. The number of alkyl halides is 1. The highest BCUT2D eigenvalue weighted by Gasteiger charge is 2.20. The van der Waals surface area contributed by atoms with E-state index in [1.807, 2.05) is 0 Å². The number of halogens is 1. The quantitative estimate of drug-likeness (QED) is 0.580. The van der Waals surface area contributed by atoms with Gasteiger partial charge in [0.25, 0.3) is 0 Å². The molecule has 0 fully saturated rings. The van der Waals surface area contributed by atoms with Crippen molar-refractivity contribution in [1.82, 2.24) is 0 Å². The Morgan fingerprint density at radius 2 is 1.94 bits per heavy atom. The fourth-order valence-corrected chi connectivity index (χ4v) is 3.98. The number of aryl methyl sites for hydroxylation is 2. The lowest BCUT2D eigenvalue weighted by atomic mass is 9.90. The van der Waals surface area contributed by atoms with Gasteiger partial charge < -0.3 is 0 Å². The Labute approximate surface area is 120 Å². The van der Waals surface area contributed by atoms with Crippen LogP contribution in [0.25, 0.3) is 0 Å². The minimum absolute atomic E-state index is 0.542. The SMILES string of the molecule is CCCCC(CC)C(Br)c1ccc2c(c1)CCC2. The van der Waals surface area contributed by atoms with Gasteiger partial charge in [0.05, 0.1) is 0 Å². The molecule has 0 aliphatic heterocycles. The molecular weight excluding hydrogens is 284 g/mol.